The summed E-state index contributed by atoms with van der Waals surface area (Å²) in [7, 11) is 3.60. The Morgan fingerprint density at radius 3 is 2.90 bits per heavy atom. The normalized spacial score (nSPS) is 23.6. The van der Waals surface area contributed by atoms with E-state index in [9.17, 15) is 4.79 Å². The average Bonchev–Trinajstić information content (AvgIpc) is 2.48. The second kappa shape index (κ2) is 6.86. The second-order valence-corrected chi connectivity index (χ2v) is 5.58. The predicted molar refractivity (Wildman–Crippen MR) is 79.7 cm³/mol. The molecule has 0 radical (unpaired) electrons. The third-order valence-corrected chi connectivity index (χ3v) is 4.21. The lowest BCUT2D eigenvalue weighted by Gasteiger charge is -2.35. The summed E-state index contributed by atoms with van der Waals surface area (Å²) in [5.41, 5.74) is 1.66. The minimum absolute atomic E-state index is 0.265. The number of hydrogen-bond donors (Lipinski definition) is 1. The molecule has 2 rings (SSSR count). The monoisotopic (exact) mass is 276 g/mol. The summed E-state index contributed by atoms with van der Waals surface area (Å²) in [6, 6.07) is 8.76. The van der Waals surface area contributed by atoms with E-state index in [1.165, 1.54) is 7.11 Å². The maximum atomic E-state index is 11.7. The number of rotatable bonds is 4. The van der Waals surface area contributed by atoms with Gasteiger partial charge in [-0.1, -0.05) is 18.2 Å². The first kappa shape index (κ1) is 15.0. The van der Waals surface area contributed by atoms with E-state index in [0.717, 1.165) is 24.9 Å². The molecule has 0 amide bonds. The molecule has 2 atom stereocenters. The Hall–Kier alpha value is -1.39. The highest BCUT2D eigenvalue weighted by atomic mass is 16.5. The Kier molecular flexibility index (Phi) is 5.15. The van der Waals surface area contributed by atoms with Crippen molar-refractivity contribution in [2.24, 2.45) is 0 Å². The van der Waals surface area contributed by atoms with Crippen LogP contribution in [0.15, 0.2) is 24.3 Å². The van der Waals surface area contributed by atoms with E-state index < -0.39 is 0 Å². The zero-order valence-electron chi connectivity index (χ0n) is 12.6. The fraction of sp³-hybridized carbons (Fsp3) is 0.562. The van der Waals surface area contributed by atoms with Gasteiger partial charge in [0.2, 0.25) is 0 Å². The lowest BCUT2D eigenvalue weighted by atomic mass is 9.98. The SMILES string of the molecule is COC(=O)c1ccccc1CNC1CCN(C)C(C)C1. The van der Waals surface area contributed by atoms with Crippen molar-refractivity contribution in [3.8, 4) is 0 Å². The number of benzene rings is 1. The second-order valence-electron chi connectivity index (χ2n) is 5.58. The lowest BCUT2D eigenvalue weighted by molar-refractivity contribution is 0.0599. The number of likely N-dealkylation sites (tertiary alicyclic amines) is 1. The quantitative estimate of drug-likeness (QED) is 0.855. The fourth-order valence-corrected chi connectivity index (χ4v) is 2.71. The number of carbonyl (C=O) groups is 1. The Morgan fingerprint density at radius 1 is 1.45 bits per heavy atom. The van der Waals surface area contributed by atoms with Crippen LogP contribution >= 0.6 is 0 Å². The van der Waals surface area contributed by atoms with E-state index in [1.807, 2.05) is 24.3 Å². The van der Waals surface area contributed by atoms with Crippen molar-refractivity contribution >= 4 is 5.97 Å². The van der Waals surface area contributed by atoms with Crippen LogP contribution in [0.1, 0.15) is 35.7 Å². The standard InChI is InChI=1S/C16H24N2O2/c1-12-10-14(8-9-18(12)2)17-11-13-6-4-5-7-15(13)16(19)20-3/h4-7,12,14,17H,8-11H2,1-3H3. The number of nitrogens with zero attached hydrogens (tertiary/aromatic N) is 1. The molecule has 110 valence electrons. The zero-order valence-corrected chi connectivity index (χ0v) is 12.6. The van der Waals surface area contributed by atoms with Crippen LogP contribution in [0.25, 0.3) is 0 Å². The van der Waals surface area contributed by atoms with Crippen LogP contribution in [-0.2, 0) is 11.3 Å². The van der Waals surface area contributed by atoms with Gasteiger partial charge in [0.1, 0.15) is 0 Å². The Bertz CT molecular complexity index is 462. The van der Waals surface area contributed by atoms with Gasteiger partial charge in [-0.3, -0.25) is 0 Å². The molecule has 1 heterocycles. The van der Waals surface area contributed by atoms with Crippen LogP contribution < -0.4 is 5.32 Å². The van der Waals surface area contributed by atoms with E-state index in [1.54, 1.807) is 0 Å². The fourth-order valence-electron chi connectivity index (χ4n) is 2.71. The minimum atomic E-state index is -0.265. The molecule has 20 heavy (non-hydrogen) atoms. The van der Waals surface area contributed by atoms with Crippen molar-refractivity contribution in [3.63, 3.8) is 0 Å². The summed E-state index contributed by atoms with van der Waals surface area (Å²) in [5.74, 6) is -0.265. The third-order valence-electron chi connectivity index (χ3n) is 4.21. The van der Waals surface area contributed by atoms with Crippen LogP contribution in [-0.4, -0.2) is 43.7 Å². The first-order valence-corrected chi connectivity index (χ1v) is 7.21. The largest absolute Gasteiger partial charge is 0.465 e. The van der Waals surface area contributed by atoms with Crippen molar-refractivity contribution in [1.82, 2.24) is 10.2 Å². The molecule has 1 aromatic carbocycles. The molecule has 2 unspecified atom stereocenters. The van der Waals surface area contributed by atoms with Crippen molar-refractivity contribution in [2.45, 2.75) is 38.4 Å². The van der Waals surface area contributed by atoms with Crippen LogP contribution in [0, 0.1) is 0 Å². The minimum Gasteiger partial charge on any atom is -0.465 e. The summed E-state index contributed by atoms with van der Waals surface area (Å²) in [6.45, 7) is 4.10. The van der Waals surface area contributed by atoms with Crippen molar-refractivity contribution in [2.75, 3.05) is 20.7 Å². The van der Waals surface area contributed by atoms with Crippen LogP contribution in [0.5, 0.6) is 0 Å². The molecule has 1 saturated heterocycles. The highest BCUT2D eigenvalue weighted by Gasteiger charge is 2.22. The van der Waals surface area contributed by atoms with Gasteiger partial charge >= 0.3 is 5.97 Å². The van der Waals surface area contributed by atoms with E-state index in [2.05, 4.69) is 24.2 Å². The van der Waals surface area contributed by atoms with Crippen molar-refractivity contribution < 1.29 is 9.53 Å². The van der Waals surface area contributed by atoms with E-state index in [4.69, 9.17) is 4.74 Å². The summed E-state index contributed by atoms with van der Waals surface area (Å²) < 4.78 is 4.83. The number of esters is 1. The van der Waals surface area contributed by atoms with Gasteiger partial charge in [-0.15, -0.1) is 0 Å². The molecule has 1 aliphatic rings. The molecule has 1 fully saturated rings. The number of ether oxygens (including phenoxy) is 1. The van der Waals surface area contributed by atoms with Gasteiger partial charge in [0, 0.05) is 18.6 Å². The molecular weight excluding hydrogens is 252 g/mol. The molecule has 1 aliphatic heterocycles. The smallest absolute Gasteiger partial charge is 0.338 e. The van der Waals surface area contributed by atoms with Gasteiger partial charge in [-0.2, -0.15) is 0 Å². The molecule has 4 nitrogen and oxygen atoms in total. The summed E-state index contributed by atoms with van der Waals surface area (Å²) in [4.78, 5) is 14.1. The van der Waals surface area contributed by atoms with Crippen LogP contribution in [0.3, 0.4) is 0 Å². The Morgan fingerprint density at radius 2 is 2.20 bits per heavy atom. The Balaban J connectivity index is 1.96. The lowest BCUT2D eigenvalue weighted by Crippen LogP contribution is -2.45. The van der Waals surface area contributed by atoms with Crippen LogP contribution in [0.4, 0.5) is 0 Å². The molecule has 0 aliphatic carbocycles. The first-order valence-electron chi connectivity index (χ1n) is 7.21. The predicted octanol–water partition coefficient (Wildman–Crippen LogP) is 2.05. The molecule has 0 spiro atoms. The summed E-state index contributed by atoms with van der Waals surface area (Å²) >= 11 is 0. The molecule has 0 aromatic heterocycles. The summed E-state index contributed by atoms with van der Waals surface area (Å²) in [5, 5.41) is 3.57. The molecule has 1 aromatic rings. The van der Waals surface area contributed by atoms with Gasteiger partial charge in [0.15, 0.2) is 0 Å². The van der Waals surface area contributed by atoms with Gasteiger partial charge in [0.25, 0.3) is 0 Å². The topological polar surface area (TPSA) is 41.6 Å². The molecular formula is C16H24N2O2. The van der Waals surface area contributed by atoms with E-state index in [-0.39, 0.29) is 5.97 Å². The van der Waals surface area contributed by atoms with Crippen molar-refractivity contribution in [3.05, 3.63) is 35.4 Å². The first-order chi connectivity index (χ1) is 9.61. The molecule has 0 bridgehead atoms. The van der Waals surface area contributed by atoms with Gasteiger partial charge in [-0.25, -0.2) is 4.79 Å². The average molecular weight is 276 g/mol. The highest BCUT2D eigenvalue weighted by molar-refractivity contribution is 5.90. The summed E-state index contributed by atoms with van der Waals surface area (Å²) in [6.07, 6.45) is 2.30. The van der Waals surface area contributed by atoms with E-state index in [0.29, 0.717) is 24.2 Å². The number of piperidine rings is 1. The zero-order chi connectivity index (χ0) is 14.5. The van der Waals surface area contributed by atoms with E-state index >= 15 is 0 Å². The third kappa shape index (κ3) is 3.58. The maximum Gasteiger partial charge on any atom is 0.338 e. The number of carbonyl (C=O) groups excluding carboxylic acids is 1. The maximum absolute atomic E-state index is 11.7. The Labute approximate surface area is 121 Å². The highest BCUT2D eigenvalue weighted by Crippen LogP contribution is 2.17. The van der Waals surface area contributed by atoms with Gasteiger partial charge in [0.05, 0.1) is 12.7 Å². The molecule has 4 heteroatoms. The van der Waals surface area contributed by atoms with Crippen LogP contribution in [0.2, 0.25) is 0 Å². The molecule has 1 N–H and O–H groups in total. The number of methoxy groups -OCH3 is 1. The molecule has 0 saturated carbocycles. The number of nitrogens with one attached hydrogen (secondary N) is 1. The van der Waals surface area contributed by atoms with Crippen molar-refractivity contribution in [1.29, 1.82) is 0 Å². The van der Waals surface area contributed by atoms with Gasteiger partial charge < -0.3 is 15.0 Å². The number of hydrogen-bond acceptors (Lipinski definition) is 4. The van der Waals surface area contributed by atoms with Gasteiger partial charge in [-0.05, 0) is 45.0 Å².